The number of para-hydroxylation sites is 1. The average molecular weight is 306 g/mol. The van der Waals surface area contributed by atoms with Gasteiger partial charge < -0.3 is 10.4 Å². The third kappa shape index (κ3) is 3.39. The van der Waals surface area contributed by atoms with Crippen molar-refractivity contribution in [2.24, 2.45) is 5.14 Å². The zero-order valence-electron chi connectivity index (χ0n) is 11.2. The molecule has 0 aromatic heterocycles. The molecule has 0 bridgehead atoms. The Morgan fingerprint density at radius 2 is 1.76 bits per heavy atom. The summed E-state index contributed by atoms with van der Waals surface area (Å²) >= 11 is 0. The van der Waals surface area contributed by atoms with Gasteiger partial charge in [-0.15, -0.1) is 0 Å². The summed E-state index contributed by atoms with van der Waals surface area (Å²) < 4.78 is 22.5. The summed E-state index contributed by atoms with van der Waals surface area (Å²) in [6, 6.07) is 10.6. The number of nitrogens with two attached hydrogens (primary N) is 1. The summed E-state index contributed by atoms with van der Waals surface area (Å²) in [6.45, 7) is 1.33. The Labute approximate surface area is 122 Å². The van der Waals surface area contributed by atoms with E-state index in [1.165, 1.54) is 25.1 Å². The summed E-state index contributed by atoms with van der Waals surface area (Å²) in [6.07, 6.45) is 0. The van der Waals surface area contributed by atoms with Crippen molar-refractivity contribution in [3.05, 3.63) is 42.5 Å². The van der Waals surface area contributed by atoms with E-state index in [1.807, 2.05) is 0 Å². The van der Waals surface area contributed by atoms with Crippen molar-refractivity contribution in [2.45, 2.75) is 11.8 Å². The lowest BCUT2D eigenvalue weighted by atomic mass is 10.0. The molecular formula is C14H14N2O4S. The lowest BCUT2D eigenvalue weighted by Gasteiger charge is -2.12. The van der Waals surface area contributed by atoms with Crippen LogP contribution >= 0.6 is 0 Å². The number of hydrogen-bond donors (Lipinski definition) is 3. The molecule has 7 heteroatoms. The van der Waals surface area contributed by atoms with Gasteiger partial charge in [-0.2, -0.15) is 0 Å². The van der Waals surface area contributed by atoms with Crippen LogP contribution in [0.25, 0.3) is 11.1 Å². The Morgan fingerprint density at radius 1 is 1.14 bits per heavy atom. The van der Waals surface area contributed by atoms with Crippen molar-refractivity contribution in [1.29, 1.82) is 0 Å². The number of benzene rings is 2. The molecule has 6 nitrogen and oxygen atoms in total. The van der Waals surface area contributed by atoms with E-state index in [4.69, 9.17) is 5.14 Å². The van der Waals surface area contributed by atoms with Gasteiger partial charge in [-0.1, -0.05) is 24.3 Å². The van der Waals surface area contributed by atoms with E-state index >= 15 is 0 Å². The fourth-order valence-corrected chi connectivity index (χ4v) is 2.43. The first-order chi connectivity index (χ1) is 9.79. The molecule has 21 heavy (non-hydrogen) atoms. The van der Waals surface area contributed by atoms with Crippen LogP contribution in [0.5, 0.6) is 5.75 Å². The van der Waals surface area contributed by atoms with Gasteiger partial charge in [0, 0.05) is 12.5 Å². The molecule has 110 valence electrons. The number of anilines is 1. The smallest absolute Gasteiger partial charge is 0.238 e. The fourth-order valence-electron chi connectivity index (χ4n) is 1.91. The van der Waals surface area contributed by atoms with Crippen LogP contribution in [0.15, 0.2) is 47.4 Å². The van der Waals surface area contributed by atoms with Gasteiger partial charge in [0.25, 0.3) is 0 Å². The predicted molar refractivity (Wildman–Crippen MR) is 79.2 cm³/mol. The molecule has 0 radical (unpaired) electrons. The number of primary sulfonamides is 1. The van der Waals surface area contributed by atoms with Gasteiger partial charge in [0.15, 0.2) is 0 Å². The van der Waals surface area contributed by atoms with Crippen molar-refractivity contribution < 1.29 is 18.3 Å². The van der Waals surface area contributed by atoms with Gasteiger partial charge in [-0.05, 0) is 23.8 Å². The van der Waals surface area contributed by atoms with Crippen molar-refractivity contribution in [3.8, 4) is 16.9 Å². The van der Waals surface area contributed by atoms with Crippen molar-refractivity contribution in [1.82, 2.24) is 0 Å². The molecule has 2 rings (SSSR count). The first-order valence-corrected chi connectivity index (χ1v) is 7.56. The molecule has 4 N–H and O–H groups in total. The van der Waals surface area contributed by atoms with Gasteiger partial charge >= 0.3 is 0 Å². The molecule has 0 fully saturated rings. The van der Waals surface area contributed by atoms with E-state index < -0.39 is 10.0 Å². The SMILES string of the molecule is CC(=O)Nc1c(O)cccc1-c1ccc(S(N)(=O)=O)cc1. The molecule has 1 amide bonds. The first kappa shape index (κ1) is 15.0. The van der Waals surface area contributed by atoms with Gasteiger partial charge in [0.1, 0.15) is 5.75 Å². The number of amides is 1. The predicted octanol–water partition coefficient (Wildman–Crippen LogP) is 1.66. The molecule has 0 spiro atoms. The Balaban J connectivity index is 2.52. The highest BCUT2D eigenvalue weighted by Gasteiger charge is 2.12. The van der Waals surface area contributed by atoms with E-state index in [9.17, 15) is 18.3 Å². The second-order valence-corrected chi connectivity index (χ2v) is 6.01. The highest BCUT2D eigenvalue weighted by molar-refractivity contribution is 7.89. The number of nitrogens with one attached hydrogen (secondary N) is 1. The summed E-state index contributed by atoms with van der Waals surface area (Å²) in [7, 11) is -3.76. The van der Waals surface area contributed by atoms with E-state index in [-0.39, 0.29) is 22.2 Å². The maximum Gasteiger partial charge on any atom is 0.238 e. The largest absolute Gasteiger partial charge is 0.506 e. The van der Waals surface area contributed by atoms with E-state index in [2.05, 4.69) is 5.32 Å². The van der Waals surface area contributed by atoms with Crippen LogP contribution in [0.2, 0.25) is 0 Å². The topological polar surface area (TPSA) is 109 Å². The average Bonchev–Trinajstić information content (AvgIpc) is 2.40. The van der Waals surface area contributed by atoms with Crippen LogP contribution in [0, 0.1) is 0 Å². The molecule has 2 aromatic rings. The van der Waals surface area contributed by atoms with Crippen molar-refractivity contribution >= 4 is 21.6 Å². The summed E-state index contributed by atoms with van der Waals surface area (Å²) in [5.74, 6) is -0.392. The molecule has 0 aliphatic rings. The number of phenolic OH excluding ortho intramolecular Hbond substituents is 1. The number of aromatic hydroxyl groups is 1. The minimum Gasteiger partial charge on any atom is -0.506 e. The molecule has 0 heterocycles. The number of carbonyl (C=O) groups is 1. The molecule has 0 saturated heterocycles. The van der Waals surface area contributed by atoms with Crippen LogP contribution in [-0.4, -0.2) is 19.4 Å². The quantitative estimate of drug-likeness (QED) is 0.749. The van der Waals surface area contributed by atoms with Gasteiger partial charge in [0.05, 0.1) is 10.6 Å². The van der Waals surface area contributed by atoms with Crippen LogP contribution < -0.4 is 10.5 Å². The normalized spacial score (nSPS) is 11.1. The summed E-state index contributed by atoms with van der Waals surface area (Å²) in [5, 5.41) is 17.4. The molecule has 0 aliphatic carbocycles. The Kier molecular flexibility index (Phi) is 3.97. The van der Waals surface area contributed by atoms with Crippen molar-refractivity contribution in [2.75, 3.05) is 5.32 Å². The zero-order valence-corrected chi connectivity index (χ0v) is 12.0. The second-order valence-electron chi connectivity index (χ2n) is 4.45. The lowest BCUT2D eigenvalue weighted by molar-refractivity contribution is -0.114. The van der Waals surface area contributed by atoms with Crippen LogP contribution in [-0.2, 0) is 14.8 Å². The van der Waals surface area contributed by atoms with Crippen molar-refractivity contribution in [3.63, 3.8) is 0 Å². The molecule has 0 aliphatic heterocycles. The number of sulfonamides is 1. The molecule has 0 atom stereocenters. The minimum atomic E-state index is -3.76. The van der Waals surface area contributed by atoms with Gasteiger partial charge in [-0.3, -0.25) is 4.79 Å². The Bertz CT molecular complexity index is 783. The molecule has 0 saturated carbocycles. The van der Waals surface area contributed by atoms with E-state index in [0.29, 0.717) is 11.1 Å². The summed E-state index contributed by atoms with van der Waals surface area (Å²) in [5.41, 5.74) is 1.49. The molecule has 0 unspecified atom stereocenters. The van der Waals surface area contributed by atoms with Crippen LogP contribution in [0.1, 0.15) is 6.92 Å². The lowest BCUT2D eigenvalue weighted by Crippen LogP contribution is -2.11. The van der Waals surface area contributed by atoms with E-state index in [0.717, 1.165) is 0 Å². The maximum absolute atomic E-state index is 11.2. The third-order valence-corrected chi connectivity index (χ3v) is 3.77. The number of carbonyl (C=O) groups excluding carboxylic acids is 1. The Morgan fingerprint density at radius 3 is 2.29 bits per heavy atom. The highest BCUT2D eigenvalue weighted by atomic mass is 32.2. The number of hydrogen-bond acceptors (Lipinski definition) is 4. The van der Waals surface area contributed by atoms with Gasteiger partial charge in [0.2, 0.25) is 15.9 Å². The zero-order chi connectivity index (χ0) is 15.6. The fraction of sp³-hybridized carbons (Fsp3) is 0.0714. The Hall–Kier alpha value is -2.38. The van der Waals surface area contributed by atoms with Crippen LogP contribution in [0.3, 0.4) is 0 Å². The number of phenols is 1. The van der Waals surface area contributed by atoms with E-state index in [1.54, 1.807) is 24.3 Å². The standard InChI is InChI=1S/C14H14N2O4S/c1-9(17)16-14-12(3-2-4-13(14)18)10-5-7-11(8-6-10)21(15,19)20/h2-8,18H,1H3,(H,16,17)(H2,15,19,20). The third-order valence-electron chi connectivity index (χ3n) is 2.84. The van der Waals surface area contributed by atoms with Crippen LogP contribution in [0.4, 0.5) is 5.69 Å². The monoisotopic (exact) mass is 306 g/mol. The van der Waals surface area contributed by atoms with Gasteiger partial charge in [-0.25, -0.2) is 13.6 Å². The second kappa shape index (κ2) is 5.55. The molecule has 2 aromatic carbocycles. The molecular weight excluding hydrogens is 292 g/mol. The highest BCUT2D eigenvalue weighted by Crippen LogP contribution is 2.35. The minimum absolute atomic E-state index is 0.00696. The first-order valence-electron chi connectivity index (χ1n) is 6.02. The summed E-state index contributed by atoms with van der Waals surface area (Å²) in [4.78, 5) is 11.2. The number of rotatable bonds is 3. The maximum atomic E-state index is 11.2.